The van der Waals surface area contributed by atoms with Crippen LogP contribution in [-0.4, -0.2) is 32.6 Å². The van der Waals surface area contributed by atoms with Gasteiger partial charge in [0.05, 0.1) is 27.1 Å². The minimum absolute atomic E-state index is 0.219. The van der Waals surface area contributed by atoms with Crippen molar-refractivity contribution in [3.63, 3.8) is 0 Å². The number of allylic oxidation sites excluding steroid dienone is 2. The largest absolute Gasteiger partial charge is 0.497 e. The van der Waals surface area contributed by atoms with Gasteiger partial charge in [0.15, 0.2) is 5.78 Å². The number of carbonyl (C=O) groups excluding carboxylic acids is 2. The maximum Gasteiger partial charge on any atom is 0.317 e. The molecule has 0 saturated carbocycles. The van der Waals surface area contributed by atoms with E-state index in [2.05, 4.69) is 0 Å². The molecule has 1 aliphatic carbocycles. The summed E-state index contributed by atoms with van der Waals surface area (Å²) in [5, 5.41) is 0. The van der Waals surface area contributed by atoms with Crippen LogP contribution in [0, 0.1) is 5.92 Å². The zero-order valence-electron chi connectivity index (χ0n) is 15.6. The van der Waals surface area contributed by atoms with E-state index in [4.69, 9.17) is 18.6 Å². The van der Waals surface area contributed by atoms with Gasteiger partial charge < -0.3 is 18.6 Å². The van der Waals surface area contributed by atoms with Crippen LogP contribution in [-0.2, 0) is 14.3 Å². The van der Waals surface area contributed by atoms with Crippen LogP contribution in [0.25, 0.3) is 5.57 Å². The summed E-state index contributed by atoms with van der Waals surface area (Å²) in [4.78, 5) is 25.2. The molecule has 27 heavy (non-hydrogen) atoms. The number of hydrogen-bond donors (Lipinski definition) is 0. The first-order valence-corrected chi connectivity index (χ1v) is 8.75. The highest BCUT2D eigenvalue weighted by atomic mass is 16.5. The van der Waals surface area contributed by atoms with Crippen molar-refractivity contribution in [2.75, 3.05) is 20.8 Å². The second-order valence-corrected chi connectivity index (χ2v) is 6.23. The van der Waals surface area contributed by atoms with E-state index in [-0.39, 0.29) is 12.4 Å². The summed E-state index contributed by atoms with van der Waals surface area (Å²) in [5.41, 5.74) is 1.59. The van der Waals surface area contributed by atoms with Crippen LogP contribution in [0.15, 0.2) is 47.1 Å². The van der Waals surface area contributed by atoms with Gasteiger partial charge in [-0.3, -0.25) is 9.59 Å². The van der Waals surface area contributed by atoms with Gasteiger partial charge in [-0.1, -0.05) is 0 Å². The van der Waals surface area contributed by atoms with E-state index in [0.29, 0.717) is 23.7 Å². The Balaban J connectivity index is 2.02. The van der Waals surface area contributed by atoms with Crippen molar-refractivity contribution in [1.29, 1.82) is 0 Å². The van der Waals surface area contributed by atoms with Crippen LogP contribution in [0.3, 0.4) is 0 Å². The van der Waals surface area contributed by atoms with Gasteiger partial charge in [-0.2, -0.15) is 0 Å². The summed E-state index contributed by atoms with van der Waals surface area (Å²) < 4.78 is 21.3. The molecule has 1 aromatic carbocycles. The molecule has 1 aromatic heterocycles. The molecule has 3 rings (SSSR count). The van der Waals surface area contributed by atoms with Crippen molar-refractivity contribution in [3.8, 4) is 11.5 Å². The maximum absolute atomic E-state index is 12.8. The number of ketones is 1. The predicted molar refractivity (Wildman–Crippen MR) is 98.7 cm³/mol. The van der Waals surface area contributed by atoms with E-state index in [1.807, 2.05) is 12.1 Å². The third-order valence-corrected chi connectivity index (χ3v) is 4.64. The molecule has 0 radical (unpaired) electrons. The molecule has 0 saturated heterocycles. The normalized spacial score (nSPS) is 19.4. The minimum atomic E-state index is -0.910. The zero-order valence-corrected chi connectivity index (χ0v) is 15.6. The van der Waals surface area contributed by atoms with Crippen molar-refractivity contribution in [3.05, 3.63) is 54.0 Å². The van der Waals surface area contributed by atoms with Gasteiger partial charge in [0.2, 0.25) is 0 Å². The van der Waals surface area contributed by atoms with E-state index in [1.165, 1.54) is 12.3 Å². The quantitative estimate of drug-likeness (QED) is 0.571. The molecule has 0 fully saturated rings. The third-order valence-electron chi connectivity index (χ3n) is 4.64. The first-order valence-electron chi connectivity index (χ1n) is 8.75. The molecule has 0 unspecified atom stereocenters. The number of methoxy groups -OCH3 is 2. The lowest BCUT2D eigenvalue weighted by atomic mass is 9.75. The monoisotopic (exact) mass is 370 g/mol. The van der Waals surface area contributed by atoms with Crippen LogP contribution >= 0.6 is 0 Å². The van der Waals surface area contributed by atoms with Crippen molar-refractivity contribution >= 4 is 17.3 Å². The average molecular weight is 370 g/mol. The summed E-state index contributed by atoms with van der Waals surface area (Å²) in [7, 11) is 3.14. The predicted octanol–water partition coefficient (Wildman–Crippen LogP) is 3.62. The second kappa shape index (κ2) is 8.12. The molecule has 0 N–H and O–H groups in total. The highest BCUT2D eigenvalue weighted by molar-refractivity contribution is 6.10. The standard InChI is InChI=1S/C21H22O6/c1-4-26-21(23)20-17(19-6-5-7-27-19)10-14(11-18(20)22)13-8-15(24-2)12-16(9-13)25-3/h5-9,11-12,17,20H,4,10H2,1-3H3/t17-,20-/m0/s1. The summed E-state index contributed by atoms with van der Waals surface area (Å²) >= 11 is 0. The maximum atomic E-state index is 12.8. The van der Waals surface area contributed by atoms with Gasteiger partial charge in [0.25, 0.3) is 0 Å². The summed E-state index contributed by atoms with van der Waals surface area (Å²) in [6.45, 7) is 1.94. The Kier molecular flexibility index (Phi) is 5.64. The number of hydrogen-bond acceptors (Lipinski definition) is 6. The van der Waals surface area contributed by atoms with Gasteiger partial charge in [-0.25, -0.2) is 0 Å². The zero-order chi connectivity index (χ0) is 19.4. The Hall–Kier alpha value is -3.02. The highest BCUT2D eigenvalue weighted by Gasteiger charge is 2.41. The van der Waals surface area contributed by atoms with E-state index in [1.54, 1.807) is 39.3 Å². The van der Waals surface area contributed by atoms with Gasteiger partial charge in [-0.15, -0.1) is 0 Å². The average Bonchev–Trinajstić information content (AvgIpc) is 3.21. The number of carbonyl (C=O) groups is 2. The smallest absolute Gasteiger partial charge is 0.317 e. The minimum Gasteiger partial charge on any atom is -0.497 e. The first-order chi connectivity index (χ1) is 13.1. The number of rotatable bonds is 6. The van der Waals surface area contributed by atoms with Crippen LogP contribution in [0.4, 0.5) is 0 Å². The number of furan rings is 1. The van der Waals surface area contributed by atoms with Gasteiger partial charge in [0.1, 0.15) is 23.2 Å². The summed E-state index contributed by atoms with van der Waals surface area (Å²) in [6.07, 6.45) is 3.50. The Morgan fingerprint density at radius 1 is 1.19 bits per heavy atom. The molecule has 6 heteroatoms. The molecule has 142 valence electrons. The SMILES string of the molecule is CCOC(=O)[C@@H]1C(=O)C=C(c2cc(OC)cc(OC)c2)C[C@H]1c1ccco1. The molecule has 2 atom stereocenters. The van der Waals surface area contributed by atoms with Crippen molar-refractivity contribution < 1.29 is 28.2 Å². The van der Waals surface area contributed by atoms with Gasteiger partial charge in [-0.05, 0) is 54.8 Å². The van der Waals surface area contributed by atoms with Gasteiger partial charge in [0, 0.05) is 12.0 Å². The van der Waals surface area contributed by atoms with E-state index >= 15 is 0 Å². The summed E-state index contributed by atoms with van der Waals surface area (Å²) in [5.74, 6) is -0.321. The molecule has 0 bridgehead atoms. The molecular weight excluding hydrogens is 348 g/mol. The van der Waals surface area contributed by atoms with E-state index in [0.717, 1.165) is 11.1 Å². The molecule has 6 nitrogen and oxygen atoms in total. The lowest BCUT2D eigenvalue weighted by Gasteiger charge is -2.28. The molecule has 2 aromatic rings. The Morgan fingerprint density at radius 2 is 1.89 bits per heavy atom. The highest BCUT2D eigenvalue weighted by Crippen LogP contribution is 2.41. The molecule has 0 spiro atoms. The van der Waals surface area contributed by atoms with Crippen LogP contribution in [0.2, 0.25) is 0 Å². The number of benzene rings is 1. The van der Waals surface area contributed by atoms with Crippen LogP contribution < -0.4 is 9.47 Å². The Morgan fingerprint density at radius 3 is 2.44 bits per heavy atom. The molecule has 1 aliphatic rings. The van der Waals surface area contributed by atoms with Gasteiger partial charge >= 0.3 is 5.97 Å². The van der Waals surface area contributed by atoms with Crippen molar-refractivity contribution in [2.24, 2.45) is 5.92 Å². The van der Waals surface area contributed by atoms with E-state index in [9.17, 15) is 9.59 Å². The summed E-state index contributed by atoms with van der Waals surface area (Å²) in [6, 6.07) is 8.96. The molecule has 1 heterocycles. The Labute approximate surface area is 157 Å². The van der Waals surface area contributed by atoms with Crippen LogP contribution in [0.1, 0.15) is 30.6 Å². The topological polar surface area (TPSA) is 75.0 Å². The first kappa shape index (κ1) is 18.8. The molecular formula is C21H22O6. The molecule has 0 aliphatic heterocycles. The number of esters is 1. The fourth-order valence-corrected chi connectivity index (χ4v) is 3.35. The van der Waals surface area contributed by atoms with Crippen molar-refractivity contribution in [2.45, 2.75) is 19.3 Å². The van der Waals surface area contributed by atoms with E-state index < -0.39 is 17.8 Å². The lowest BCUT2D eigenvalue weighted by Crippen LogP contribution is -2.33. The fourth-order valence-electron chi connectivity index (χ4n) is 3.35. The molecule has 0 amide bonds. The Bertz CT molecular complexity index is 827. The van der Waals surface area contributed by atoms with Crippen LogP contribution in [0.5, 0.6) is 11.5 Å². The van der Waals surface area contributed by atoms with Crippen molar-refractivity contribution in [1.82, 2.24) is 0 Å². The fraction of sp³-hybridized carbons (Fsp3) is 0.333. The lowest BCUT2D eigenvalue weighted by molar-refractivity contribution is -0.151. The third kappa shape index (κ3) is 3.89. The number of ether oxygens (including phenoxy) is 3. The second-order valence-electron chi connectivity index (χ2n) is 6.23.